The number of non-ortho nitro benzene ring substituents is 1. The number of nitrogens with zero attached hydrogens (tertiary/aromatic N) is 2. The number of benzene rings is 2. The predicted octanol–water partition coefficient (Wildman–Crippen LogP) is 0.816. The van der Waals surface area contributed by atoms with Crippen molar-refractivity contribution in [3.63, 3.8) is 0 Å². The Labute approximate surface area is 140 Å². The zero-order valence-corrected chi connectivity index (χ0v) is 13.8. The van der Waals surface area contributed by atoms with E-state index in [1.165, 1.54) is 16.4 Å². The number of nitrogens with one attached hydrogen (secondary N) is 1. The second-order valence-electron chi connectivity index (χ2n) is 5.62. The number of rotatable bonds is 4. The third-order valence-electron chi connectivity index (χ3n) is 4.19. The predicted molar refractivity (Wildman–Crippen MR) is 88.7 cm³/mol. The second kappa shape index (κ2) is 6.68. The molecule has 2 aromatic carbocycles. The second-order valence-corrected chi connectivity index (χ2v) is 7.56. The molecule has 126 valence electrons. The van der Waals surface area contributed by atoms with E-state index < -0.39 is 14.9 Å². The third kappa shape index (κ3) is 3.30. The molecule has 0 amide bonds. The van der Waals surface area contributed by atoms with Gasteiger partial charge in [0.1, 0.15) is 5.69 Å². The maximum absolute atomic E-state index is 12.6. The van der Waals surface area contributed by atoms with Crippen LogP contribution in [0.3, 0.4) is 0 Å². The molecule has 0 radical (unpaired) electrons. The van der Waals surface area contributed by atoms with Crippen molar-refractivity contribution in [1.82, 2.24) is 4.31 Å². The summed E-state index contributed by atoms with van der Waals surface area (Å²) in [4.78, 5) is 11.7. The highest BCUT2D eigenvalue weighted by Gasteiger charge is 2.31. The van der Waals surface area contributed by atoms with Gasteiger partial charge in [-0.1, -0.05) is 18.2 Å². The number of nitro groups is 1. The molecule has 0 saturated carbocycles. The first kappa shape index (κ1) is 16.6. The molecular formula is C16H18N3O4S+. The lowest BCUT2D eigenvalue weighted by atomic mass is 10.2. The standard InChI is InChI=1S/C16H17N3O4S/c20-19(21)15-8-6-14(7-9-15)17-10-12-18(13-11-17)24(22,23)16-4-2-1-3-5-16/h1-9H,10-13H2/p+1. The van der Waals surface area contributed by atoms with Gasteiger partial charge < -0.3 is 4.90 Å². The molecule has 0 bridgehead atoms. The van der Waals surface area contributed by atoms with Crippen molar-refractivity contribution < 1.29 is 18.2 Å². The number of piperazine rings is 1. The first-order chi connectivity index (χ1) is 11.5. The molecule has 1 saturated heterocycles. The molecule has 8 heteroatoms. The van der Waals surface area contributed by atoms with Crippen LogP contribution in [-0.2, 0) is 10.0 Å². The van der Waals surface area contributed by atoms with Crippen molar-refractivity contribution in [3.8, 4) is 0 Å². The van der Waals surface area contributed by atoms with Crippen LogP contribution in [0.4, 0.5) is 11.4 Å². The van der Waals surface area contributed by atoms with Crippen LogP contribution in [0.5, 0.6) is 0 Å². The molecule has 0 unspecified atom stereocenters. The highest BCUT2D eigenvalue weighted by molar-refractivity contribution is 7.89. The van der Waals surface area contributed by atoms with Crippen LogP contribution < -0.4 is 4.90 Å². The monoisotopic (exact) mass is 348 g/mol. The molecule has 0 aromatic heterocycles. The largest absolute Gasteiger partial charge is 0.300 e. The van der Waals surface area contributed by atoms with Gasteiger partial charge in [0, 0.05) is 24.3 Å². The summed E-state index contributed by atoms with van der Waals surface area (Å²) in [5.41, 5.74) is 1.00. The molecule has 0 spiro atoms. The summed E-state index contributed by atoms with van der Waals surface area (Å²) in [5.74, 6) is 0. The van der Waals surface area contributed by atoms with Crippen molar-refractivity contribution in [1.29, 1.82) is 0 Å². The molecule has 1 aliphatic rings. The fourth-order valence-electron chi connectivity index (χ4n) is 2.85. The summed E-state index contributed by atoms with van der Waals surface area (Å²) in [7, 11) is -3.45. The number of sulfonamides is 1. The molecule has 0 atom stereocenters. The average Bonchev–Trinajstić information content (AvgIpc) is 2.62. The fraction of sp³-hybridized carbons (Fsp3) is 0.250. The van der Waals surface area contributed by atoms with Gasteiger partial charge in [0.25, 0.3) is 5.69 Å². The van der Waals surface area contributed by atoms with E-state index in [0.717, 1.165) is 10.6 Å². The van der Waals surface area contributed by atoms with Gasteiger partial charge in [0.05, 0.1) is 36.0 Å². The molecule has 24 heavy (non-hydrogen) atoms. The van der Waals surface area contributed by atoms with Crippen LogP contribution in [0.2, 0.25) is 0 Å². The maximum Gasteiger partial charge on any atom is 0.269 e. The van der Waals surface area contributed by atoms with E-state index in [0.29, 0.717) is 31.1 Å². The average molecular weight is 348 g/mol. The van der Waals surface area contributed by atoms with Gasteiger partial charge in [0.2, 0.25) is 10.0 Å². The van der Waals surface area contributed by atoms with E-state index in [2.05, 4.69) is 0 Å². The van der Waals surface area contributed by atoms with E-state index in [-0.39, 0.29) is 5.69 Å². The van der Waals surface area contributed by atoms with E-state index in [4.69, 9.17) is 0 Å². The van der Waals surface area contributed by atoms with E-state index in [9.17, 15) is 18.5 Å². The van der Waals surface area contributed by atoms with Gasteiger partial charge in [-0.25, -0.2) is 8.42 Å². The Hall–Kier alpha value is -2.29. The maximum atomic E-state index is 12.6. The Morgan fingerprint density at radius 1 is 0.958 bits per heavy atom. The van der Waals surface area contributed by atoms with E-state index >= 15 is 0 Å². The third-order valence-corrected chi connectivity index (χ3v) is 6.11. The van der Waals surface area contributed by atoms with Crippen molar-refractivity contribution in [3.05, 3.63) is 64.7 Å². The summed E-state index contributed by atoms with van der Waals surface area (Å²) >= 11 is 0. The van der Waals surface area contributed by atoms with Crippen LogP contribution in [0.25, 0.3) is 0 Å². The van der Waals surface area contributed by atoms with Crippen molar-refractivity contribution in [2.75, 3.05) is 26.2 Å². The molecule has 7 nitrogen and oxygen atoms in total. The van der Waals surface area contributed by atoms with Crippen molar-refractivity contribution in [2.45, 2.75) is 4.90 Å². The lowest BCUT2D eigenvalue weighted by Crippen LogP contribution is -3.10. The Balaban J connectivity index is 1.68. The fourth-order valence-corrected chi connectivity index (χ4v) is 4.31. The quantitative estimate of drug-likeness (QED) is 0.655. The first-order valence-corrected chi connectivity index (χ1v) is 9.07. The molecule has 1 fully saturated rings. The Morgan fingerprint density at radius 2 is 1.54 bits per heavy atom. The van der Waals surface area contributed by atoms with Crippen molar-refractivity contribution in [2.24, 2.45) is 0 Å². The van der Waals surface area contributed by atoms with Gasteiger partial charge >= 0.3 is 0 Å². The summed E-state index contributed by atoms with van der Waals surface area (Å²) in [6.45, 7) is 2.10. The summed E-state index contributed by atoms with van der Waals surface area (Å²) < 4.78 is 26.7. The first-order valence-electron chi connectivity index (χ1n) is 7.63. The minimum absolute atomic E-state index is 0.0587. The highest BCUT2D eigenvalue weighted by atomic mass is 32.2. The van der Waals surface area contributed by atoms with Crippen LogP contribution in [0.15, 0.2) is 59.5 Å². The molecule has 2 aromatic rings. The molecule has 3 rings (SSSR count). The number of quaternary nitrogens is 1. The lowest BCUT2D eigenvalue weighted by molar-refractivity contribution is -0.837. The molecule has 1 aliphatic heterocycles. The number of hydrogen-bond donors (Lipinski definition) is 1. The molecule has 0 aliphatic carbocycles. The smallest absolute Gasteiger partial charge is 0.269 e. The normalized spacial score (nSPS) is 16.8. The van der Waals surface area contributed by atoms with Gasteiger partial charge in [-0.3, -0.25) is 10.1 Å². The minimum atomic E-state index is -3.45. The van der Waals surface area contributed by atoms with Crippen LogP contribution >= 0.6 is 0 Å². The van der Waals surface area contributed by atoms with Crippen LogP contribution in [-0.4, -0.2) is 43.8 Å². The summed E-state index contributed by atoms with van der Waals surface area (Å²) in [6.07, 6.45) is 0. The summed E-state index contributed by atoms with van der Waals surface area (Å²) in [5, 5.41) is 10.7. The topological polar surface area (TPSA) is 85.0 Å². The van der Waals surface area contributed by atoms with Gasteiger partial charge in [-0.05, 0) is 12.1 Å². The Morgan fingerprint density at radius 3 is 2.08 bits per heavy atom. The number of nitro benzene ring substituents is 1. The molecule has 1 N–H and O–H groups in total. The summed E-state index contributed by atoms with van der Waals surface area (Å²) in [6, 6.07) is 14.8. The number of hydrogen-bond acceptors (Lipinski definition) is 4. The van der Waals surface area contributed by atoms with Gasteiger partial charge in [0.15, 0.2) is 0 Å². The van der Waals surface area contributed by atoms with Gasteiger partial charge in [-0.15, -0.1) is 0 Å². The van der Waals surface area contributed by atoms with E-state index in [1.54, 1.807) is 42.5 Å². The zero-order chi connectivity index (χ0) is 17.2. The SMILES string of the molecule is O=[N+]([O-])c1ccc([NH+]2CCN(S(=O)(=O)c3ccccc3)CC2)cc1. The minimum Gasteiger partial charge on any atom is -0.300 e. The van der Waals surface area contributed by atoms with Crippen LogP contribution in [0, 0.1) is 10.1 Å². The zero-order valence-electron chi connectivity index (χ0n) is 13.0. The molecule has 1 heterocycles. The Bertz CT molecular complexity index is 814. The van der Waals surface area contributed by atoms with Crippen LogP contribution in [0.1, 0.15) is 0 Å². The Kier molecular flexibility index (Phi) is 4.61. The molecular weight excluding hydrogens is 330 g/mol. The highest BCUT2D eigenvalue weighted by Crippen LogP contribution is 2.16. The lowest BCUT2D eigenvalue weighted by Gasteiger charge is -2.31. The van der Waals surface area contributed by atoms with Crippen molar-refractivity contribution >= 4 is 21.4 Å². The van der Waals surface area contributed by atoms with E-state index in [1.807, 2.05) is 0 Å². The van der Waals surface area contributed by atoms with Gasteiger partial charge in [-0.2, -0.15) is 4.31 Å².